The van der Waals surface area contributed by atoms with Crippen LogP contribution in [0.1, 0.15) is 18.9 Å². The third-order valence-corrected chi connectivity index (χ3v) is 5.10. The van der Waals surface area contributed by atoms with E-state index in [4.69, 9.17) is 27.9 Å². The van der Waals surface area contributed by atoms with Crippen LogP contribution in [0.25, 0.3) is 10.1 Å². The Kier molecular flexibility index (Phi) is 5.95. The number of thiophene rings is 1. The minimum atomic E-state index is 0.000976. The Bertz CT molecular complexity index is 822. The van der Waals surface area contributed by atoms with Gasteiger partial charge in [-0.25, -0.2) is 4.98 Å². The molecule has 0 amide bonds. The fraction of sp³-hybridized carbons (Fsp3) is 0.278. The Morgan fingerprint density at radius 2 is 2.12 bits per heavy atom. The molecule has 0 radical (unpaired) electrons. The number of nitrogens with zero attached hydrogens (tertiary/aromatic N) is 1. The van der Waals surface area contributed by atoms with Crippen LogP contribution in [0.2, 0.25) is 10.0 Å². The Hall–Kier alpha value is -1.33. The first-order valence-corrected chi connectivity index (χ1v) is 9.44. The highest BCUT2D eigenvalue weighted by atomic mass is 35.5. The van der Waals surface area contributed by atoms with Gasteiger partial charge in [-0.15, -0.1) is 11.3 Å². The lowest BCUT2D eigenvalue weighted by Gasteiger charge is -2.18. The summed E-state index contributed by atoms with van der Waals surface area (Å²) in [6.45, 7) is 3.60. The van der Waals surface area contributed by atoms with Gasteiger partial charge in [0.1, 0.15) is 11.1 Å². The van der Waals surface area contributed by atoms with Gasteiger partial charge in [0.05, 0.1) is 5.02 Å². The van der Waals surface area contributed by atoms with Crippen molar-refractivity contribution in [2.45, 2.75) is 26.0 Å². The lowest BCUT2D eigenvalue weighted by molar-refractivity contribution is 0.185. The molecule has 0 aliphatic rings. The van der Waals surface area contributed by atoms with E-state index in [-0.39, 0.29) is 6.10 Å². The van der Waals surface area contributed by atoms with Gasteiger partial charge in [-0.3, -0.25) is 0 Å². The summed E-state index contributed by atoms with van der Waals surface area (Å²) in [6.07, 6.45) is 2.40. The highest BCUT2D eigenvalue weighted by Gasteiger charge is 2.12. The normalized spacial score (nSPS) is 12.5. The molecule has 0 saturated heterocycles. The van der Waals surface area contributed by atoms with Crippen LogP contribution in [-0.4, -0.2) is 17.6 Å². The van der Waals surface area contributed by atoms with E-state index in [2.05, 4.69) is 46.9 Å². The van der Waals surface area contributed by atoms with Crippen molar-refractivity contribution in [3.8, 4) is 5.88 Å². The molecule has 24 heavy (non-hydrogen) atoms. The van der Waals surface area contributed by atoms with Crippen molar-refractivity contribution < 1.29 is 4.74 Å². The number of halogens is 2. The van der Waals surface area contributed by atoms with Crippen LogP contribution in [0.3, 0.4) is 0 Å². The molecule has 0 aliphatic heterocycles. The molecule has 0 aliphatic carbocycles. The molecule has 1 unspecified atom stereocenters. The number of hydrogen-bond donors (Lipinski definition) is 1. The van der Waals surface area contributed by atoms with Crippen molar-refractivity contribution in [1.82, 2.24) is 10.3 Å². The van der Waals surface area contributed by atoms with E-state index in [0.29, 0.717) is 15.9 Å². The van der Waals surface area contributed by atoms with Crippen LogP contribution < -0.4 is 10.1 Å². The molecule has 3 rings (SSSR count). The highest BCUT2D eigenvalue weighted by Crippen LogP contribution is 2.26. The molecule has 126 valence electrons. The largest absolute Gasteiger partial charge is 0.472 e. The predicted octanol–water partition coefficient (Wildman–Crippen LogP) is 5.55. The monoisotopic (exact) mass is 380 g/mol. The van der Waals surface area contributed by atoms with Gasteiger partial charge < -0.3 is 10.1 Å². The summed E-state index contributed by atoms with van der Waals surface area (Å²) < 4.78 is 7.20. The van der Waals surface area contributed by atoms with Crippen LogP contribution in [0.4, 0.5) is 0 Å². The fourth-order valence-electron chi connectivity index (χ4n) is 2.42. The van der Waals surface area contributed by atoms with Crippen LogP contribution >= 0.6 is 34.5 Å². The minimum Gasteiger partial charge on any atom is -0.472 e. The molecular weight excluding hydrogens is 363 g/mol. The summed E-state index contributed by atoms with van der Waals surface area (Å²) >= 11 is 13.7. The topological polar surface area (TPSA) is 34.1 Å². The molecule has 1 atom stereocenters. The molecule has 0 saturated carbocycles. The van der Waals surface area contributed by atoms with Crippen LogP contribution in [-0.2, 0) is 6.54 Å². The van der Waals surface area contributed by atoms with Crippen molar-refractivity contribution in [3.63, 3.8) is 0 Å². The molecule has 6 heteroatoms. The Morgan fingerprint density at radius 3 is 2.92 bits per heavy atom. The maximum absolute atomic E-state index is 6.11. The van der Waals surface area contributed by atoms with E-state index >= 15 is 0 Å². The van der Waals surface area contributed by atoms with Gasteiger partial charge in [-0.2, -0.15) is 0 Å². The quantitative estimate of drug-likeness (QED) is 0.583. The lowest BCUT2D eigenvalue weighted by Crippen LogP contribution is -2.30. The second-order valence-electron chi connectivity index (χ2n) is 5.51. The van der Waals surface area contributed by atoms with Crippen molar-refractivity contribution in [1.29, 1.82) is 0 Å². The van der Waals surface area contributed by atoms with Crippen molar-refractivity contribution in [3.05, 3.63) is 57.5 Å². The Labute approximate surface area is 155 Å². The van der Waals surface area contributed by atoms with Crippen LogP contribution in [0.5, 0.6) is 5.88 Å². The zero-order valence-electron chi connectivity index (χ0n) is 13.3. The van der Waals surface area contributed by atoms with Gasteiger partial charge in [0.2, 0.25) is 5.88 Å². The number of benzene rings is 1. The second-order valence-corrected chi connectivity index (χ2v) is 7.30. The van der Waals surface area contributed by atoms with E-state index in [0.717, 1.165) is 19.5 Å². The summed E-state index contributed by atoms with van der Waals surface area (Å²) in [5.41, 5.74) is 1.26. The molecular formula is C18H18Cl2N2OS. The molecule has 0 fully saturated rings. The molecule has 3 nitrogen and oxygen atoms in total. The standard InChI is InChI=1S/C18H18Cl2N2OS/c1-2-15(23-18-16(20)8-14(19)10-22-18)11-21-9-12-3-4-17-13(7-12)5-6-24-17/h3-8,10,15,21H,2,9,11H2,1H3. The number of ether oxygens (including phenoxy) is 1. The number of hydrogen-bond acceptors (Lipinski definition) is 4. The summed E-state index contributed by atoms with van der Waals surface area (Å²) in [4.78, 5) is 4.15. The number of nitrogens with one attached hydrogen (secondary N) is 1. The lowest BCUT2D eigenvalue weighted by atomic mass is 10.1. The molecule has 0 bridgehead atoms. The minimum absolute atomic E-state index is 0.000976. The van der Waals surface area contributed by atoms with E-state index in [1.807, 2.05) is 0 Å². The van der Waals surface area contributed by atoms with Gasteiger partial charge in [0, 0.05) is 24.0 Å². The molecule has 0 spiro atoms. The van der Waals surface area contributed by atoms with Crippen molar-refractivity contribution in [2.24, 2.45) is 0 Å². The van der Waals surface area contributed by atoms with E-state index in [1.165, 1.54) is 15.6 Å². The molecule has 2 aromatic heterocycles. The molecule has 1 N–H and O–H groups in total. The summed E-state index contributed by atoms with van der Waals surface area (Å²) in [7, 11) is 0. The average molecular weight is 381 g/mol. The van der Waals surface area contributed by atoms with Crippen LogP contribution in [0, 0.1) is 0 Å². The maximum atomic E-state index is 6.11. The second kappa shape index (κ2) is 8.17. The maximum Gasteiger partial charge on any atom is 0.232 e. The molecule has 2 heterocycles. The van der Waals surface area contributed by atoms with Gasteiger partial charge in [0.15, 0.2) is 0 Å². The van der Waals surface area contributed by atoms with E-state index in [9.17, 15) is 0 Å². The van der Waals surface area contributed by atoms with E-state index in [1.54, 1.807) is 23.6 Å². The smallest absolute Gasteiger partial charge is 0.232 e. The van der Waals surface area contributed by atoms with Gasteiger partial charge in [0.25, 0.3) is 0 Å². The number of pyridine rings is 1. The predicted molar refractivity (Wildman–Crippen MR) is 102 cm³/mol. The zero-order chi connectivity index (χ0) is 16.9. The summed E-state index contributed by atoms with van der Waals surface area (Å²) in [5, 5.41) is 7.79. The van der Waals surface area contributed by atoms with E-state index < -0.39 is 0 Å². The van der Waals surface area contributed by atoms with Crippen molar-refractivity contribution in [2.75, 3.05) is 6.54 Å². The first-order valence-electron chi connectivity index (χ1n) is 7.80. The zero-order valence-corrected chi connectivity index (χ0v) is 15.6. The SMILES string of the molecule is CCC(CNCc1ccc2sccc2c1)Oc1ncc(Cl)cc1Cl. The molecule has 1 aromatic carbocycles. The first kappa shape index (κ1) is 17.5. The van der Waals surface area contributed by atoms with Crippen molar-refractivity contribution >= 4 is 44.6 Å². The number of rotatable bonds is 7. The average Bonchev–Trinajstić information content (AvgIpc) is 3.03. The van der Waals surface area contributed by atoms with Crippen LogP contribution in [0.15, 0.2) is 41.9 Å². The van der Waals surface area contributed by atoms with Gasteiger partial charge >= 0.3 is 0 Å². The first-order chi connectivity index (χ1) is 11.7. The summed E-state index contributed by atoms with van der Waals surface area (Å²) in [5.74, 6) is 0.425. The Balaban J connectivity index is 1.55. The summed E-state index contributed by atoms with van der Waals surface area (Å²) in [6, 6.07) is 10.3. The highest BCUT2D eigenvalue weighted by molar-refractivity contribution is 7.17. The third-order valence-electron chi connectivity index (χ3n) is 3.73. The number of fused-ring (bicyclic) bond motifs is 1. The Morgan fingerprint density at radius 1 is 1.25 bits per heavy atom. The van der Waals surface area contributed by atoms with Gasteiger partial charge in [-0.1, -0.05) is 36.2 Å². The third kappa shape index (κ3) is 4.39. The van der Waals surface area contributed by atoms with Gasteiger partial charge in [-0.05, 0) is 47.0 Å². The molecule has 3 aromatic rings. The number of aromatic nitrogens is 1. The fourth-order valence-corrected chi connectivity index (χ4v) is 3.62.